The molecule has 2 aromatic heterocycles. The van der Waals surface area contributed by atoms with Gasteiger partial charge in [-0.25, -0.2) is 4.98 Å². The molecule has 0 aliphatic rings. The summed E-state index contributed by atoms with van der Waals surface area (Å²) in [5.41, 5.74) is 2.93. The van der Waals surface area contributed by atoms with Crippen LogP contribution in [0.1, 0.15) is 16.8 Å². The molecule has 0 saturated heterocycles. The van der Waals surface area contributed by atoms with Crippen LogP contribution in [0.15, 0.2) is 30.6 Å². The SMILES string of the molecule is COc1ncc(OCc2ccccn2)c(C)c1C. The third kappa shape index (κ3) is 2.59. The lowest BCUT2D eigenvalue weighted by Gasteiger charge is -2.12. The molecule has 0 bridgehead atoms. The number of rotatable bonds is 4. The van der Waals surface area contributed by atoms with E-state index in [1.54, 1.807) is 19.5 Å². The molecule has 0 saturated carbocycles. The smallest absolute Gasteiger partial charge is 0.216 e. The topological polar surface area (TPSA) is 44.2 Å². The average Bonchev–Trinajstić information content (AvgIpc) is 2.42. The van der Waals surface area contributed by atoms with Crippen LogP contribution in [0.5, 0.6) is 11.6 Å². The lowest BCUT2D eigenvalue weighted by Crippen LogP contribution is -2.02. The molecule has 0 radical (unpaired) electrons. The van der Waals surface area contributed by atoms with E-state index < -0.39 is 0 Å². The van der Waals surface area contributed by atoms with Crippen LogP contribution in [0, 0.1) is 13.8 Å². The van der Waals surface area contributed by atoms with E-state index in [1.165, 1.54) is 0 Å². The molecule has 2 aromatic rings. The summed E-state index contributed by atoms with van der Waals surface area (Å²) in [5, 5.41) is 0. The van der Waals surface area contributed by atoms with Crippen molar-refractivity contribution in [2.75, 3.05) is 7.11 Å². The van der Waals surface area contributed by atoms with Crippen LogP contribution in [-0.4, -0.2) is 17.1 Å². The number of ether oxygens (including phenoxy) is 2. The predicted octanol–water partition coefficient (Wildman–Crippen LogP) is 2.68. The Hall–Kier alpha value is -2.10. The van der Waals surface area contributed by atoms with Gasteiger partial charge in [0.05, 0.1) is 19.0 Å². The first-order valence-electron chi connectivity index (χ1n) is 5.75. The molecular weight excluding hydrogens is 228 g/mol. The van der Waals surface area contributed by atoms with E-state index in [2.05, 4.69) is 9.97 Å². The number of nitrogens with zero attached hydrogens (tertiary/aromatic N) is 2. The van der Waals surface area contributed by atoms with Gasteiger partial charge in [0, 0.05) is 17.3 Å². The van der Waals surface area contributed by atoms with Gasteiger partial charge in [0.15, 0.2) is 0 Å². The van der Waals surface area contributed by atoms with Gasteiger partial charge in [-0.05, 0) is 26.0 Å². The molecule has 0 fully saturated rings. The Labute approximate surface area is 107 Å². The van der Waals surface area contributed by atoms with E-state index in [0.717, 1.165) is 22.6 Å². The molecule has 0 aliphatic carbocycles. The summed E-state index contributed by atoms with van der Waals surface area (Å²) < 4.78 is 10.9. The minimum atomic E-state index is 0.440. The van der Waals surface area contributed by atoms with Crippen LogP contribution in [0.4, 0.5) is 0 Å². The summed E-state index contributed by atoms with van der Waals surface area (Å²) >= 11 is 0. The lowest BCUT2D eigenvalue weighted by molar-refractivity contribution is 0.296. The number of pyridine rings is 2. The van der Waals surface area contributed by atoms with E-state index in [0.29, 0.717) is 12.5 Å². The first-order valence-corrected chi connectivity index (χ1v) is 5.75. The standard InChI is InChI=1S/C14H16N2O2/c1-10-11(2)14(17-3)16-8-13(10)18-9-12-6-4-5-7-15-12/h4-8H,9H2,1-3H3. The summed E-state index contributed by atoms with van der Waals surface area (Å²) in [6.45, 7) is 4.40. The molecule has 0 spiro atoms. The van der Waals surface area contributed by atoms with Gasteiger partial charge in [-0.1, -0.05) is 6.07 Å². The largest absolute Gasteiger partial charge is 0.485 e. The van der Waals surface area contributed by atoms with Crippen molar-refractivity contribution in [2.45, 2.75) is 20.5 Å². The molecule has 0 amide bonds. The maximum absolute atomic E-state index is 5.72. The summed E-state index contributed by atoms with van der Waals surface area (Å²) in [5.74, 6) is 1.40. The van der Waals surface area contributed by atoms with E-state index in [4.69, 9.17) is 9.47 Å². The normalized spacial score (nSPS) is 10.2. The fourth-order valence-electron chi connectivity index (χ4n) is 1.64. The highest BCUT2D eigenvalue weighted by molar-refractivity contribution is 5.41. The minimum absolute atomic E-state index is 0.440. The third-order valence-electron chi connectivity index (χ3n) is 2.85. The minimum Gasteiger partial charge on any atom is -0.485 e. The zero-order chi connectivity index (χ0) is 13.0. The molecule has 0 unspecified atom stereocenters. The highest BCUT2D eigenvalue weighted by Gasteiger charge is 2.09. The molecule has 0 aromatic carbocycles. The fraction of sp³-hybridized carbons (Fsp3) is 0.286. The fourth-order valence-corrected chi connectivity index (χ4v) is 1.64. The Bertz CT molecular complexity index is 527. The van der Waals surface area contributed by atoms with Crippen molar-refractivity contribution < 1.29 is 9.47 Å². The molecule has 94 valence electrons. The molecule has 4 nitrogen and oxygen atoms in total. The van der Waals surface area contributed by atoms with Crippen molar-refractivity contribution in [2.24, 2.45) is 0 Å². The predicted molar refractivity (Wildman–Crippen MR) is 68.8 cm³/mol. The van der Waals surface area contributed by atoms with E-state index in [-0.39, 0.29) is 0 Å². The van der Waals surface area contributed by atoms with Gasteiger partial charge in [0.2, 0.25) is 5.88 Å². The zero-order valence-corrected chi connectivity index (χ0v) is 10.8. The van der Waals surface area contributed by atoms with Gasteiger partial charge >= 0.3 is 0 Å². The second-order valence-electron chi connectivity index (χ2n) is 3.99. The van der Waals surface area contributed by atoms with E-state index >= 15 is 0 Å². The monoisotopic (exact) mass is 244 g/mol. The average molecular weight is 244 g/mol. The summed E-state index contributed by atoms with van der Waals surface area (Å²) in [6, 6.07) is 5.75. The Morgan fingerprint density at radius 2 is 1.94 bits per heavy atom. The third-order valence-corrected chi connectivity index (χ3v) is 2.85. The Balaban J connectivity index is 2.13. The molecule has 0 atom stereocenters. The van der Waals surface area contributed by atoms with Crippen molar-refractivity contribution in [3.05, 3.63) is 47.4 Å². The van der Waals surface area contributed by atoms with Crippen molar-refractivity contribution >= 4 is 0 Å². The van der Waals surface area contributed by atoms with E-state index in [1.807, 2.05) is 32.0 Å². The number of aromatic nitrogens is 2. The maximum atomic E-state index is 5.72. The van der Waals surface area contributed by atoms with Crippen molar-refractivity contribution in [1.29, 1.82) is 0 Å². The lowest BCUT2D eigenvalue weighted by atomic mass is 10.1. The van der Waals surface area contributed by atoms with Crippen LogP contribution in [-0.2, 0) is 6.61 Å². The molecule has 0 N–H and O–H groups in total. The highest BCUT2D eigenvalue weighted by atomic mass is 16.5. The highest BCUT2D eigenvalue weighted by Crippen LogP contribution is 2.26. The Kier molecular flexibility index (Phi) is 3.77. The first-order chi connectivity index (χ1) is 8.72. The number of hydrogen-bond donors (Lipinski definition) is 0. The molecular formula is C14H16N2O2. The van der Waals surface area contributed by atoms with Crippen LogP contribution in [0.3, 0.4) is 0 Å². The molecule has 2 heterocycles. The Morgan fingerprint density at radius 1 is 1.11 bits per heavy atom. The van der Waals surface area contributed by atoms with E-state index in [9.17, 15) is 0 Å². The molecule has 0 aliphatic heterocycles. The van der Waals surface area contributed by atoms with Gasteiger partial charge in [0.25, 0.3) is 0 Å². The number of hydrogen-bond acceptors (Lipinski definition) is 4. The summed E-state index contributed by atoms with van der Waals surface area (Å²) in [4.78, 5) is 8.41. The van der Waals surface area contributed by atoms with Crippen LogP contribution < -0.4 is 9.47 Å². The maximum Gasteiger partial charge on any atom is 0.216 e. The van der Waals surface area contributed by atoms with Gasteiger partial charge in [0.1, 0.15) is 12.4 Å². The molecule has 18 heavy (non-hydrogen) atoms. The summed E-state index contributed by atoms with van der Waals surface area (Å²) in [7, 11) is 1.61. The van der Waals surface area contributed by atoms with Crippen LogP contribution in [0.2, 0.25) is 0 Å². The zero-order valence-electron chi connectivity index (χ0n) is 10.8. The Morgan fingerprint density at radius 3 is 2.61 bits per heavy atom. The second kappa shape index (κ2) is 5.49. The van der Waals surface area contributed by atoms with Gasteiger partial charge in [-0.3, -0.25) is 4.98 Å². The van der Waals surface area contributed by atoms with Crippen molar-refractivity contribution in [3.63, 3.8) is 0 Å². The molecule has 2 rings (SSSR count). The van der Waals surface area contributed by atoms with Gasteiger partial charge in [-0.15, -0.1) is 0 Å². The second-order valence-corrected chi connectivity index (χ2v) is 3.99. The first kappa shape index (κ1) is 12.4. The van der Waals surface area contributed by atoms with Crippen LogP contribution in [0.25, 0.3) is 0 Å². The molecule has 4 heteroatoms. The van der Waals surface area contributed by atoms with Gasteiger partial charge in [-0.2, -0.15) is 0 Å². The summed E-state index contributed by atoms with van der Waals surface area (Å²) in [6.07, 6.45) is 3.44. The van der Waals surface area contributed by atoms with Crippen molar-refractivity contribution in [3.8, 4) is 11.6 Å². The van der Waals surface area contributed by atoms with Crippen LogP contribution >= 0.6 is 0 Å². The quantitative estimate of drug-likeness (QED) is 0.829. The van der Waals surface area contributed by atoms with Gasteiger partial charge < -0.3 is 9.47 Å². The number of methoxy groups -OCH3 is 1. The van der Waals surface area contributed by atoms with Crippen molar-refractivity contribution in [1.82, 2.24) is 9.97 Å².